The van der Waals surface area contributed by atoms with E-state index in [9.17, 15) is 4.79 Å². The van der Waals surface area contributed by atoms with Gasteiger partial charge in [-0.25, -0.2) is 0 Å². The van der Waals surface area contributed by atoms with Crippen LogP contribution in [0, 0.1) is 0 Å². The maximum atomic E-state index is 13.5. The Morgan fingerprint density at radius 2 is 1.42 bits per heavy atom. The minimum absolute atomic E-state index is 0.191. The number of carbonyl (C=O) groups is 1. The molecule has 0 saturated carbocycles. The van der Waals surface area contributed by atoms with Crippen molar-refractivity contribution in [2.75, 3.05) is 5.32 Å². The number of nitrogens with one attached hydrogen (secondary N) is 1. The van der Waals surface area contributed by atoms with Crippen LogP contribution in [0.2, 0.25) is 5.02 Å². The first kappa shape index (κ1) is 19.2. The molecule has 1 amide bonds. The fraction of sp³-hybridized carbons (Fsp3) is 0.0385. The highest BCUT2D eigenvalue weighted by Crippen LogP contribution is 2.44. The van der Waals surface area contributed by atoms with Crippen molar-refractivity contribution in [3.8, 4) is 23.0 Å². The molecule has 1 heterocycles. The van der Waals surface area contributed by atoms with E-state index in [-0.39, 0.29) is 5.91 Å². The third-order valence-electron chi connectivity index (χ3n) is 5.11. The summed E-state index contributed by atoms with van der Waals surface area (Å²) in [6.07, 6.45) is 0. The smallest absolute Gasteiger partial charge is 0.236 e. The average Bonchev–Trinajstić information content (AvgIpc) is 2.80. The van der Waals surface area contributed by atoms with Crippen LogP contribution in [0.15, 0.2) is 97.1 Å². The van der Waals surface area contributed by atoms with Crippen molar-refractivity contribution in [1.82, 2.24) is 0 Å². The zero-order valence-electron chi connectivity index (χ0n) is 16.4. The zero-order chi connectivity index (χ0) is 21.2. The molecule has 0 spiro atoms. The highest BCUT2D eigenvalue weighted by atomic mass is 35.5. The van der Waals surface area contributed by atoms with Gasteiger partial charge in [0.2, 0.25) is 5.91 Å². The van der Waals surface area contributed by atoms with Crippen LogP contribution in [0.5, 0.6) is 23.0 Å². The Bertz CT molecular complexity index is 1210. The first-order valence-electron chi connectivity index (χ1n) is 9.88. The number of carbonyl (C=O) groups excluding carboxylic acids is 1. The average molecular weight is 428 g/mol. The summed E-state index contributed by atoms with van der Waals surface area (Å²) in [6, 6.07) is 29.7. The first-order valence-corrected chi connectivity index (χ1v) is 10.3. The van der Waals surface area contributed by atoms with Gasteiger partial charge in [-0.15, -0.1) is 0 Å². The molecule has 0 atom stereocenters. The van der Waals surface area contributed by atoms with Gasteiger partial charge in [0.1, 0.15) is 17.2 Å². The summed E-state index contributed by atoms with van der Waals surface area (Å²) in [5.74, 6) is 1.81. The molecular formula is C26H18ClNO3. The molecular weight excluding hydrogens is 410 g/mol. The topological polar surface area (TPSA) is 47.6 Å². The maximum Gasteiger partial charge on any atom is 0.236 e. The summed E-state index contributed by atoms with van der Waals surface area (Å²) in [7, 11) is 0. The van der Waals surface area contributed by atoms with Crippen molar-refractivity contribution in [3.63, 3.8) is 0 Å². The summed E-state index contributed by atoms with van der Waals surface area (Å²) in [5, 5.41) is 3.52. The molecule has 31 heavy (non-hydrogen) atoms. The first-order chi connectivity index (χ1) is 15.2. The van der Waals surface area contributed by atoms with Crippen molar-refractivity contribution >= 4 is 23.2 Å². The molecule has 0 bridgehead atoms. The number of ether oxygens (including phenoxy) is 2. The third kappa shape index (κ3) is 3.86. The van der Waals surface area contributed by atoms with Gasteiger partial charge in [-0.3, -0.25) is 4.79 Å². The molecule has 0 fully saturated rings. The van der Waals surface area contributed by atoms with E-state index in [1.54, 1.807) is 18.2 Å². The molecule has 5 rings (SSSR count). The highest BCUT2D eigenvalue weighted by molar-refractivity contribution is 6.31. The molecule has 0 unspecified atom stereocenters. The normalized spacial score (nSPS) is 12.3. The molecule has 1 aliphatic rings. The van der Waals surface area contributed by atoms with Gasteiger partial charge in [0.25, 0.3) is 0 Å². The van der Waals surface area contributed by atoms with Gasteiger partial charge in [-0.2, -0.15) is 0 Å². The third-order valence-corrected chi connectivity index (χ3v) is 5.35. The summed E-state index contributed by atoms with van der Waals surface area (Å²) in [4.78, 5) is 13.5. The Kier molecular flexibility index (Phi) is 5.06. The van der Waals surface area contributed by atoms with E-state index in [1.807, 2.05) is 78.9 Å². The van der Waals surface area contributed by atoms with Gasteiger partial charge >= 0.3 is 0 Å². The highest BCUT2D eigenvalue weighted by Gasteiger charge is 2.32. The zero-order valence-corrected chi connectivity index (χ0v) is 17.2. The van der Waals surface area contributed by atoms with Gasteiger partial charge < -0.3 is 14.8 Å². The molecule has 4 nitrogen and oxygen atoms in total. The molecule has 1 aliphatic heterocycles. The van der Waals surface area contributed by atoms with E-state index >= 15 is 0 Å². The quantitative estimate of drug-likeness (QED) is 0.381. The van der Waals surface area contributed by atoms with Gasteiger partial charge in [0, 0.05) is 16.1 Å². The molecule has 4 aromatic carbocycles. The fourth-order valence-electron chi connectivity index (χ4n) is 3.70. The Labute approximate surface area is 185 Å². The van der Waals surface area contributed by atoms with E-state index in [4.69, 9.17) is 21.1 Å². The molecule has 0 aromatic heterocycles. The molecule has 0 saturated heterocycles. The van der Waals surface area contributed by atoms with Crippen molar-refractivity contribution in [3.05, 3.63) is 113 Å². The van der Waals surface area contributed by atoms with Gasteiger partial charge in [-0.05, 0) is 42.5 Å². The van der Waals surface area contributed by atoms with Crippen LogP contribution in [0.4, 0.5) is 5.69 Å². The van der Waals surface area contributed by atoms with Crippen LogP contribution in [0.1, 0.15) is 17.0 Å². The van der Waals surface area contributed by atoms with E-state index in [1.165, 1.54) is 0 Å². The number of rotatable bonds is 4. The van der Waals surface area contributed by atoms with Crippen molar-refractivity contribution in [1.29, 1.82) is 0 Å². The Hall–Kier alpha value is -3.76. The number of amides is 1. The second kappa shape index (κ2) is 8.17. The lowest BCUT2D eigenvalue weighted by Gasteiger charge is -2.27. The minimum Gasteiger partial charge on any atom is -0.457 e. The van der Waals surface area contributed by atoms with Crippen LogP contribution in [0.3, 0.4) is 0 Å². The van der Waals surface area contributed by atoms with E-state index < -0.39 is 5.92 Å². The number of benzene rings is 4. The predicted octanol–water partition coefficient (Wildman–Crippen LogP) is 7.01. The largest absolute Gasteiger partial charge is 0.457 e. The SMILES string of the molecule is O=C(Nc1cc(Cl)ccc1Oc1ccccc1)C1c2ccccc2Oc2ccccc21. The molecule has 0 radical (unpaired) electrons. The summed E-state index contributed by atoms with van der Waals surface area (Å²) < 4.78 is 12.0. The van der Waals surface area contributed by atoms with Crippen LogP contribution in [-0.2, 0) is 4.79 Å². The predicted molar refractivity (Wildman–Crippen MR) is 121 cm³/mol. The Balaban J connectivity index is 1.51. The van der Waals surface area contributed by atoms with Crippen LogP contribution in [-0.4, -0.2) is 5.91 Å². The molecule has 0 aliphatic carbocycles. The Morgan fingerprint density at radius 3 is 2.10 bits per heavy atom. The van der Waals surface area contributed by atoms with Gasteiger partial charge in [0.15, 0.2) is 5.75 Å². The molecule has 4 aromatic rings. The lowest BCUT2D eigenvalue weighted by Crippen LogP contribution is -2.25. The summed E-state index contributed by atoms with van der Waals surface area (Å²) in [5.41, 5.74) is 2.13. The lowest BCUT2D eigenvalue weighted by molar-refractivity contribution is -0.116. The van der Waals surface area contributed by atoms with Crippen LogP contribution < -0.4 is 14.8 Å². The monoisotopic (exact) mass is 427 g/mol. The van der Waals surface area contributed by atoms with Gasteiger partial charge in [0.05, 0.1) is 11.6 Å². The van der Waals surface area contributed by atoms with Crippen molar-refractivity contribution in [2.45, 2.75) is 5.92 Å². The second-order valence-electron chi connectivity index (χ2n) is 7.16. The number of halogens is 1. The standard InChI is InChI=1S/C26H18ClNO3/c27-17-14-15-24(30-18-8-2-1-3-9-18)21(16-17)28-26(29)25-19-10-4-6-12-22(19)31-23-13-7-5-11-20(23)25/h1-16,25H,(H,28,29). The van der Waals surface area contributed by atoms with E-state index in [0.717, 1.165) is 11.1 Å². The number of hydrogen-bond acceptors (Lipinski definition) is 3. The maximum absolute atomic E-state index is 13.5. The molecule has 5 heteroatoms. The fourth-order valence-corrected chi connectivity index (χ4v) is 3.87. The van der Waals surface area contributed by atoms with Crippen LogP contribution >= 0.6 is 11.6 Å². The second-order valence-corrected chi connectivity index (χ2v) is 7.59. The number of fused-ring (bicyclic) bond motifs is 2. The molecule has 1 N–H and O–H groups in total. The summed E-state index contributed by atoms with van der Waals surface area (Å²) >= 11 is 6.22. The summed E-state index contributed by atoms with van der Waals surface area (Å²) in [6.45, 7) is 0. The van der Waals surface area contributed by atoms with E-state index in [0.29, 0.717) is 33.7 Å². The minimum atomic E-state index is -0.523. The van der Waals surface area contributed by atoms with E-state index in [2.05, 4.69) is 5.32 Å². The van der Waals surface area contributed by atoms with Crippen molar-refractivity contribution < 1.29 is 14.3 Å². The number of anilines is 1. The number of hydrogen-bond donors (Lipinski definition) is 1. The number of para-hydroxylation sites is 3. The molecule has 152 valence electrons. The lowest BCUT2D eigenvalue weighted by atomic mass is 9.87. The van der Waals surface area contributed by atoms with Crippen LogP contribution in [0.25, 0.3) is 0 Å². The van der Waals surface area contributed by atoms with Crippen molar-refractivity contribution in [2.24, 2.45) is 0 Å². The van der Waals surface area contributed by atoms with Gasteiger partial charge in [-0.1, -0.05) is 66.2 Å². The Morgan fingerprint density at radius 1 is 0.806 bits per heavy atom.